The summed E-state index contributed by atoms with van der Waals surface area (Å²) < 4.78 is 54.1. The monoisotopic (exact) mass is 290 g/mol. The van der Waals surface area contributed by atoms with E-state index < -0.39 is 39.1 Å². The zero-order chi connectivity index (χ0) is 14.2. The number of halogens is 2. The van der Waals surface area contributed by atoms with Crippen LogP contribution in [0.3, 0.4) is 0 Å². The van der Waals surface area contributed by atoms with Crippen molar-refractivity contribution in [3.63, 3.8) is 0 Å². The summed E-state index contributed by atoms with van der Waals surface area (Å²) in [5.74, 6) is -2.97. The van der Waals surface area contributed by atoms with Crippen molar-refractivity contribution in [3.05, 3.63) is 34.9 Å². The van der Waals surface area contributed by atoms with Gasteiger partial charge in [0, 0.05) is 0 Å². The highest BCUT2D eigenvalue weighted by Crippen LogP contribution is 2.19. The molecule has 0 N–H and O–H groups in total. The van der Waals surface area contributed by atoms with Crippen LogP contribution in [-0.4, -0.2) is 32.0 Å². The molecule has 0 aliphatic carbocycles. The summed E-state index contributed by atoms with van der Waals surface area (Å²) in [6, 6.07) is 1.66. The van der Waals surface area contributed by atoms with E-state index in [1.54, 1.807) is 0 Å². The van der Waals surface area contributed by atoms with Gasteiger partial charge in [0.05, 0.1) is 17.1 Å². The SMILES string of the molecule is Cc1cc(F)c(C(=O)O[C@H]2CCS(=O)(=O)C2)cc1F. The number of benzene rings is 1. The number of sulfone groups is 1. The maximum absolute atomic E-state index is 13.5. The van der Waals surface area contributed by atoms with Crippen molar-refractivity contribution in [2.24, 2.45) is 0 Å². The third kappa shape index (κ3) is 3.09. The highest BCUT2D eigenvalue weighted by Gasteiger charge is 2.31. The fourth-order valence-electron chi connectivity index (χ4n) is 1.87. The minimum atomic E-state index is -3.19. The standard InChI is InChI=1S/C12H12F2O4S/c1-7-4-11(14)9(5-10(7)13)12(15)18-8-2-3-19(16,17)6-8/h4-5,8H,2-3,6H2,1H3/t8-/m0/s1. The quantitative estimate of drug-likeness (QED) is 0.777. The maximum Gasteiger partial charge on any atom is 0.341 e. The molecule has 1 saturated heterocycles. The van der Waals surface area contributed by atoms with Crippen LogP contribution in [0.1, 0.15) is 22.3 Å². The van der Waals surface area contributed by atoms with Crippen molar-refractivity contribution < 1.29 is 26.7 Å². The predicted molar refractivity (Wildman–Crippen MR) is 63.6 cm³/mol. The first kappa shape index (κ1) is 13.9. The second kappa shape index (κ2) is 4.88. The molecule has 1 aromatic rings. The molecule has 1 aliphatic heterocycles. The average molecular weight is 290 g/mol. The zero-order valence-electron chi connectivity index (χ0n) is 10.2. The van der Waals surface area contributed by atoms with Gasteiger partial charge in [-0.05, 0) is 31.0 Å². The summed E-state index contributed by atoms with van der Waals surface area (Å²) >= 11 is 0. The van der Waals surface area contributed by atoms with E-state index in [2.05, 4.69) is 0 Å². The van der Waals surface area contributed by atoms with E-state index in [4.69, 9.17) is 4.74 Å². The molecule has 2 rings (SSSR count). The molecule has 0 spiro atoms. The zero-order valence-corrected chi connectivity index (χ0v) is 11.0. The second-order valence-corrected chi connectivity index (χ2v) is 6.74. The van der Waals surface area contributed by atoms with E-state index in [1.165, 1.54) is 6.92 Å². The van der Waals surface area contributed by atoms with Gasteiger partial charge in [-0.1, -0.05) is 0 Å². The summed E-state index contributed by atoms with van der Waals surface area (Å²) in [6.07, 6.45) is -0.606. The number of esters is 1. The van der Waals surface area contributed by atoms with Gasteiger partial charge in [0.15, 0.2) is 9.84 Å². The maximum atomic E-state index is 13.5. The van der Waals surface area contributed by atoms with E-state index in [-0.39, 0.29) is 23.5 Å². The number of carbonyl (C=O) groups is 1. The van der Waals surface area contributed by atoms with Gasteiger partial charge < -0.3 is 4.74 Å². The predicted octanol–water partition coefficient (Wildman–Crippen LogP) is 1.62. The van der Waals surface area contributed by atoms with Crippen molar-refractivity contribution in [1.82, 2.24) is 0 Å². The molecule has 0 saturated carbocycles. The number of carbonyl (C=O) groups excluding carboxylic acids is 1. The van der Waals surface area contributed by atoms with Gasteiger partial charge in [-0.3, -0.25) is 0 Å². The highest BCUT2D eigenvalue weighted by atomic mass is 32.2. The Balaban J connectivity index is 2.15. The molecule has 19 heavy (non-hydrogen) atoms. The van der Waals surface area contributed by atoms with Crippen LogP contribution in [0.2, 0.25) is 0 Å². The molecule has 0 unspecified atom stereocenters. The number of ether oxygens (including phenoxy) is 1. The molecule has 1 heterocycles. The lowest BCUT2D eigenvalue weighted by atomic mass is 10.1. The molecular weight excluding hydrogens is 278 g/mol. The molecule has 1 aromatic carbocycles. The minimum absolute atomic E-state index is 0.0598. The lowest BCUT2D eigenvalue weighted by Gasteiger charge is -2.11. The third-order valence-corrected chi connectivity index (χ3v) is 4.67. The van der Waals surface area contributed by atoms with E-state index >= 15 is 0 Å². The molecular formula is C12H12F2O4S. The van der Waals surface area contributed by atoms with Crippen molar-refractivity contribution in [2.75, 3.05) is 11.5 Å². The van der Waals surface area contributed by atoms with E-state index in [0.29, 0.717) is 0 Å². The number of rotatable bonds is 2. The molecule has 7 heteroatoms. The Morgan fingerprint density at radius 3 is 2.58 bits per heavy atom. The van der Waals surface area contributed by atoms with Gasteiger partial charge in [-0.15, -0.1) is 0 Å². The summed E-state index contributed by atoms with van der Waals surface area (Å²) in [6.45, 7) is 1.37. The van der Waals surface area contributed by atoms with Gasteiger partial charge in [-0.25, -0.2) is 22.0 Å². The summed E-state index contributed by atoms with van der Waals surface area (Å²) in [5, 5.41) is 0. The molecule has 0 bridgehead atoms. The van der Waals surface area contributed by atoms with Crippen LogP contribution in [0.4, 0.5) is 8.78 Å². The fourth-order valence-corrected chi connectivity index (χ4v) is 3.46. The molecule has 1 atom stereocenters. The fraction of sp³-hybridized carbons (Fsp3) is 0.417. The van der Waals surface area contributed by atoms with Gasteiger partial charge in [0.1, 0.15) is 17.7 Å². The van der Waals surface area contributed by atoms with Crippen LogP contribution in [-0.2, 0) is 14.6 Å². The Morgan fingerprint density at radius 1 is 1.32 bits per heavy atom. The first-order valence-corrected chi connectivity index (χ1v) is 7.48. The van der Waals surface area contributed by atoms with Gasteiger partial charge in [0.25, 0.3) is 0 Å². The van der Waals surface area contributed by atoms with Crippen molar-refractivity contribution in [2.45, 2.75) is 19.4 Å². The normalized spacial score (nSPS) is 21.3. The van der Waals surface area contributed by atoms with Crippen LogP contribution in [0.5, 0.6) is 0 Å². The molecule has 0 aromatic heterocycles. The Labute approximate surface area is 109 Å². The van der Waals surface area contributed by atoms with Crippen molar-refractivity contribution in [3.8, 4) is 0 Å². The smallest absolute Gasteiger partial charge is 0.341 e. The van der Waals surface area contributed by atoms with Crippen LogP contribution in [0, 0.1) is 18.6 Å². The van der Waals surface area contributed by atoms with Crippen LogP contribution < -0.4 is 0 Å². The van der Waals surface area contributed by atoms with Crippen LogP contribution >= 0.6 is 0 Å². The molecule has 0 amide bonds. The van der Waals surface area contributed by atoms with Gasteiger partial charge in [0.2, 0.25) is 0 Å². The van der Waals surface area contributed by atoms with E-state index in [9.17, 15) is 22.0 Å². The van der Waals surface area contributed by atoms with Gasteiger partial charge >= 0.3 is 5.97 Å². The lowest BCUT2D eigenvalue weighted by molar-refractivity contribution is 0.0350. The highest BCUT2D eigenvalue weighted by molar-refractivity contribution is 7.91. The Bertz CT molecular complexity index is 625. The average Bonchev–Trinajstić information content (AvgIpc) is 2.63. The molecule has 1 fully saturated rings. The Hall–Kier alpha value is -1.50. The largest absolute Gasteiger partial charge is 0.458 e. The molecule has 1 aliphatic rings. The summed E-state index contributed by atoms with van der Waals surface area (Å²) in [5.41, 5.74) is -0.440. The van der Waals surface area contributed by atoms with E-state index in [0.717, 1.165) is 12.1 Å². The molecule has 0 radical (unpaired) electrons. The summed E-state index contributed by atoms with van der Waals surface area (Å²) in [4.78, 5) is 11.7. The number of hydrogen-bond acceptors (Lipinski definition) is 4. The van der Waals surface area contributed by atoms with Crippen molar-refractivity contribution in [1.29, 1.82) is 0 Å². The topological polar surface area (TPSA) is 60.4 Å². The molecule has 4 nitrogen and oxygen atoms in total. The summed E-state index contributed by atoms with van der Waals surface area (Å²) in [7, 11) is -3.19. The Kier molecular flexibility index (Phi) is 3.58. The lowest BCUT2D eigenvalue weighted by Crippen LogP contribution is -2.20. The second-order valence-electron chi connectivity index (χ2n) is 4.51. The van der Waals surface area contributed by atoms with Crippen molar-refractivity contribution >= 4 is 15.8 Å². The first-order valence-electron chi connectivity index (χ1n) is 5.65. The number of aryl methyl sites for hydroxylation is 1. The Morgan fingerprint density at radius 2 is 2.00 bits per heavy atom. The van der Waals surface area contributed by atoms with E-state index in [1.807, 2.05) is 0 Å². The minimum Gasteiger partial charge on any atom is -0.458 e. The van der Waals surface area contributed by atoms with Gasteiger partial charge in [-0.2, -0.15) is 0 Å². The number of hydrogen-bond donors (Lipinski definition) is 0. The van der Waals surface area contributed by atoms with Crippen LogP contribution in [0.25, 0.3) is 0 Å². The first-order chi connectivity index (χ1) is 8.78. The molecule has 104 valence electrons. The van der Waals surface area contributed by atoms with Crippen LogP contribution in [0.15, 0.2) is 12.1 Å². The third-order valence-electron chi connectivity index (χ3n) is 2.93.